The first-order valence-electron chi connectivity index (χ1n) is 9.01. The van der Waals surface area contributed by atoms with Crippen LogP contribution in [0.1, 0.15) is 24.2 Å². The summed E-state index contributed by atoms with van der Waals surface area (Å²) in [5, 5.41) is 6.39. The normalized spacial score (nSPS) is 11.4. The Kier molecular flexibility index (Phi) is 4.89. The SMILES string of the molecule is CCc1nc(CN(C)Cc2cnc(-c3ccc4ccccc4c3)nc2)no1. The van der Waals surface area contributed by atoms with Crippen molar-refractivity contribution in [2.75, 3.05) is 7.05 Å². The van der Waals surface area contributed by atoms with Gasteiger partial charge in [-0.15, -0.1) is 0 Å². The highest BCUT2D eigenvalue weighted by atomic mass is 16.5. The maximum absolute atomic E-state index is 5.15. The van der Waals surface area contributed by atoms with Gasteiger partial charge in [-0.25, -0.2) is 9.97 Å². The fourth-order valence-electron chi connectivity index (χ4n) is 3.02. The summed E-state index contributed by atoms with van der Waals surface area (Å²) in [5.41, 5.74) is 2.06. The van der Waals surface area contributed by atoms with Crippen LogP contribution >= 0.6 is 0 Å². The molecule has 0 radical (unpaired) electrons. The molecule has 0 saturated heterocycles. The molecule has 136 valence electrons. The quantitative estimate of drug-likeness (QED) is 0.520. The molecule has 0 aliphatic rings. The number of benzene rings is 2. The third kappa shape index (κ3) is 4.01. The third-order valence-corrected chi connectivity index (χ3v) is 4.39. The Morgan fingerprint density at radius 1 is 0.963 bits per heavy atom. The average molecular weight is 359 g/mol. The molecule has 2 heterocycles. The lowest BCUT2D eigenvalue weighted by Crippen LogP contribution is -2.18. The second-order valence-corrected chi connectivity index (χ2v) is 6.61. The van der Waals surface area contributed by atoms with Crippen LogP contribution in [0.2, 0.25) is 0 Å². The van der Waals surface area contributed by atoms with Gasteiger partial charge in [0.15, 0.2) is 11.6 Å². The van der Waals surface area contributed by atoms with E-state index >= 15 is 0 Å². The lowest BCUT2D eigenvalue weighted by molar-refractivity contribution is 0.299. The van der Waals surface area contributed by atoms with Crippen molar-refractivity contribution in [3.63, 3.8) is 0 Å². The van der Waals surface area contributed by atoms with Gasteiger partial charge in [-0.1, -0.05) is 48.5 Å². The van der Waals surface area contributed by atoms with Crippen LogP contribution in [0.15, 0.2) is 59.4 Å². The van der Waals surface area contributed by atoms with E-state index < -0.39 is 0 Å². The maximum Gasteiger partial charge on any atom is 0.226 e. The second kappa shape index (κ2) is 7.63. The highest BCUT2D eigenvalue weighted by Crippen LogP contribution is 2.21. The molecule has 0 fully saturated rings. The lowest BCUT2D eigenvalue weighted by Gasteiger charge is -2.14. The minimum absolute atomic E-state index is 0.621. The van der Waals surface area contributed by atoms with Gasteiger partial charge in [0, 0.05) is 36.5 Å². The lowest BCUT2D eigenvalue weighted by atomic mass is 10.1. The largest absolute Gasteiger partial charge is 0.339 e. The standard InChI is InChI=1S/C21H21N5O/c1-3-20-24-19(25-27-20)14-26(2)13-15-11-22-21(23-12-15)18-9-8-16-6-4-5-7-17(16)10-18/h4-12H,3,13-14H2,1-2H3. The Balaban J connectivity index is 1.44. The zero-order chi connectivity index (χ0) is 18.6. The molecule has 0 saturated carbocycles. The molecule has 0 aliphatic heterocycles. The minimum Gasteiger partial charge on any atom is -0.339 e. The number of nitrogens with zero attached hydrogens (tertiary/aromatic N) is 5. The summed E-state index contributed by atoms with van der Waals surface area (Å²) >= 11 is 0. The first-order chi connectivity index (χ1) is 13.2. The number of rotatable bonds is 6. The minimum atomic E-state index is 0.621. The van der Waals surface area contributed by atoms with E-state index in [-0.39, 0.29) is 0 Å². The van der Waals surface area contributed by atoms with E-state index in [0.29, 0.717) is 24.8 Å². The molecule has 4 rings (SSSR count). The van der Waals surface area contributed by atoms with Crippen LogP contribution < -0.4 is 0 Å². The van der Waals surface area contributed by atoms with Crippen LogP contribution in [-0.2, 0) is 19.5 Å². The van der Waals surface area contributed by atoms with E-state index in [2.05, 4.69) is 55.3 Å². The zero-order valence-corrected chi connectivity index (χ0v) is 15.5. The van der Waals surface area contributed by atoms with Crippen molar-refractivity contribution in [3.05, 3.63) is 72.1 Å². The Morgan fingerprint density at radius 2 is 1.74 bits per heavy atom. The fraction of sp³-hybridized carbons (Fsp3) is 0.238. The van der Waals surface area contributed by atoms with Crippen molar-refractivity contribution in [1.82, 2.24) is 25.0 Å². The predicted octanol–water partition coefficient (Wildman–Crippen LogP) is 3.87. The maximum atomic E-state index is 5.15. The number of fused-ring (bicyclic) bond motifs is 1. The summed E-state index contributed by atoms with van der Waals surface area (Å²) in [7, 11) is 2.01. The molecule has 0 amide bonds. The molecule has 2 aromatic carbocycles. The Morgan fingerprint density at radius 3 is 2.48 bits per heavy atom. The van der Waals surface area contributed by atoms with Gasteiger partial charge in [-0.3, -0.25) is 4.90 Å². The van der Waals surface area contributed by atoms with Crippen LogP contribution in [0.25, 0.3) is 22.2 Å². The smallest absolute Gasteiger partial charge is 0.226 e. The van der Waals surface area contributed by atoms with Crippen LogP contribution in [0.3, 0.4) is 0 Å². The van der Waals surface area contributed by atoms with Gasteiger partial charge < -0.3 is 4.52 Å². The average Bonchev–Trinajstić information content (AvgIpc) is 3.15. The van der Waals surface area contributed by atoms with Crippen LogP contribution in [-0.4, -0.2) is 32.1 Å². The summed E-state index contributed by atoms with van der Waals surface area (Å²) in [6.45, 7) is 3.33. The number of hydrogen-bond donors (Lipinski definition) is 0. The number of aromatic nitrogens is 4. The van der Waals surface area contributed by atoms with Crippen molar-refractivity contribution >= 4 is 10.8 Å². The van der Waals surface area contributed by atoms with Crippen LogP contribution in [0.5, 0.6) is 0 Å². The summed E-state index contributed by atoms with van der Waals surface area (Å²) < 4.78 is 5.15. The summed E-state index contributed by atoms with van der Waals surface area (Å²) in [6.07, 6.45) is 4.50. The second-order valence-electron chi connectivity index (χ2n) is 6.61. The summed E-state index contributed by atoms with van der Waals surface area (Å²) in [4.78, 5) is 15.5. The van der Waals surface area contributed by atoms with E-state index in [9.17, 15) is 0 Å². The molecular weight excluding hydrogens is 338 g/mol. The molecule has 0 aliphatic carbocycles. The highest BCUT2D eigenvalue weighted by molar-refractivity contribution is 5.86. The number of aryl methyl sites for hydroxylation is 1. The molecule has 0 bridgehead atoms. The molecule has 0 N–H and O–H groups in total. The van der Waals surface area contributed by atoms with Gasteiger partial charge in [0.25, 0.3) is 0 Å². The fourth-order valence-corrected chi connectivity index (χ4v) is 3.02. The van der Waals surface area contributed by atoms with E-state index in [4.69, 9.17) is 4.52 Å². The van der Waals surface area contributed by atoms with Crippen molar-refractivity contribution in [2.45, 2.75) is 26.4 Å². The van der Waals surface area contributed by atoms with E-state index in [0.717, 1.165) is 23.4 Å². The zero-order valence-electron chi connectivity index (χ0n) is 15.5. The van der Waals surface area contributed by atoms with E-state index in [1.54, 1.807) is 0 Å². The Hall–Kier alpha value is -3.12. The summed E-state index contributed by atoms with van der Waals surface area (Å²) in [5.74, 6) is 2.10. The van der Waals surface area contributed by atoms with Crippen molar-refractivity contribution < 1.29 is 4.52 Å². The predicted molar refractivity (Wildman–Crippen MR) is 104 cm³/mol. The van der Waals surface area contributed by atoms with Crippen molar-refractivity contribution in [1.29, 1.82) is 0 Å². The number of hydrogen-bond acceptors (Lipinski definition) is 6. The third-order valence-electron chi connectivity index (χ3n) is 4.39. The molecule has 4 aromatic rings. The van der Waals surface area contributed by atoms with E-state index in [1.807, 2.05) is 38.5 Å². The van der Waals surface area contributed by atoms with Gasteiger partial charge in [0.05, 0.1) is 6.54 Å². The summed E-state index contributed by atoms with van der Waals surface area (Å²) in [6, 6.07) is 14.6. The van der Waals surface area contributed by atoms with Gasteiger partial charge in [-0.2, -0.15) is 4.98 Å². The highest BCUT2D eigenvalue weighted by Gasteiger charge is 2.09. The van der Waals surface area contributed by atoms with Crippen molar-refractivity contribution in [3.8, 4) is 11.4 Å². The van der Waals surface area contributed by atoms with Crippen LogP contribution in [0, 0.1) is 0 Å². The molecule has 0 spiro atoms. The van der Waals surface area contributed by atoms with Crippen LogP contribution in [0.4, 0.5) is 0 Å². The molecule has 2 aromatic heterocycles. The van der Waals surface area contributed by atoms with E-state index in [1.165, 1.54) is 10.8 Å². The molecular formula is C21H21N5O. The molecule has 27 heavy (non-hydrogen) atoms. The van der Waals surface area contributed by atoms with Gasteiger partial charge in [0.1, 0.15) is 0 Å². The first kappa shape index (κ1) is 17.3. The molecule has 6 heteroatoms. The molecule has 0 atom stereocenters. The van der Waals surface area contributed by atoms with Crippen molar-refractivity contribution in [2.24, 2.45) is 0 Å². The Bertz CT molecular complexity index is 1040. The van der Waals surface area contributed by atoms with Gasteiger partial charge >= 0.3 is 0 Å². The first-order valence-corrected chi connectivity index (χ1v) is 9.01. The van der Waals surface area contributed by atoms with Gasteiger partial charge in [-0.05, 0) is 23.9 Å². The topological polar surface area (TPSA) is 67.9 Å². The molecule has 6 nitrogen and oxygen atoms in total. The molecule has 0 unspecified atom stereocenters. The van der Waals surface area contributed by atoms with Gasteiger partial charge in [0.2, 0.25) is 5.89 Å². The Labute approximate surface area is 157 Å². The monoisotopic (exact) mass is 359 g/mol.